The minimum absolute atomic E-state index is 0.386. The SMILES string of the molecule is CNC(CCC(C)(C)C)CSC(C)(C)C. The van der Waals surface area contributed by atoms with Gasteiger partial charge in [0, 0.05) is 16.5 Å². The maximum atomic E-state index is 3.43. The van der Waals surface area contributed by atoms with Gasteiger partial charge < -0.3 is 5.32 Å². The van der Waals surface area contributed by atoms with E-state index in [-0.39, 0.29) is 0 Å². The van der Waals surface area contributed by atoms with E-state index in [0.29, 0.717) is 16.2 Å². The quantitative estimate of drug-likeness (QED) is 0.769. The second-order valence-electron chi connectivity index (χ2n) is 6.51. The van der Waals surface area contributed by atoms with Gasteiger partial charge in [-0.1, -0.05) is 41.5 Å². The van der Waals surface area contributed by atoms with Crippen molar-refractivity contribution < 1.29 is 0 Å². The van der Waals surface area contributed by atoms with Crippen LogP contribution >= 0.6 is 11.8 Å². The van der Waals surface area contributed by atoms with Crippen molar-refractivity contribution in [1.29, 1.82) is 0 Å². The lowest BCUT2D eigenvalue weighted by atomic mass is 9.89. The molecule has 0 spiro atoms. The summed E-state index contributed by atoms with van der Waals surface area (Å²) in [5.74, 6) is 1.22. The van der Waals surface area contributed by atoms with Crippen LogP contribution in [0.1, 0.15) is 54.4 Å². The summed E-state index contributed by atoms with van der Waals surface area (Å²) in [6.07, 6.45) is 2.58. The average Bonchev–Trinajstić information content (AvgIpc) is 2.00. The molecule has 0 radical (unpaired) electrons. The lowest BCUT2D eigenvalue weighted by molar-refractivity contribution is 0.343. The van der Waals surface area contributed by atoms with E-state index in [2.05, 4.69) is 65.7 Å². The van der Waals surface area contributed by atoms with Gasteiger partial charge in [-0.15, -0.1) is 0 Å². The molecule has 0 aliphatic heterocycles. The van der Waals surface area contributed by atoms with Gasteiger partial charge in [0.15, 0.2) is 0 Å². The summed E-state index contributed by atoms with van der Waals surface area (Å²) in [6, 6.07) is 0.661. The molecule has 1 N–H and O–H groups in total. The van der Waals surface area contributed by atoms with Crippen LogP contribution in [0.4, 0.5) is 0 Å². The normalized spacial score (nSPS) is 15.4. The first kappa shape index (κ1) is 15.3. The highest BCUT2D eigenvalue weighted by Crippen LogP contribution is 2.27. The standard InChI is InChI=1S/C13H29NS/c1-12(2,3)9-8-11(14-7)10-15-13(4,5)6/h11,14H,8-10H2,1-7H3. The molecule has 0 fully saturated rings. The van der Waals surface area contributed by atoms with Crippen LogP contribution < -0.4 is 5.32 Å². The Morgan fingerprint density at radius 3 is 1.93 bits per heavy atom. The number of nitrogens with one attached hydrogen (secondary N) is 1. The third kappa shape index (κ3) is 10.6. The van der Waals surface area contributed by atoms with Gasteiger partial charge in [0.05, 0.1) is 0 Å². The third-order valence-electron chi connectivity index (χ3n) is 2.37. The Morgan fingerprint density at radius 1 is 1.07 bits per heavy atom. The number of hydrogen-bond donors (Lipinski definition) is 1. The van der Waals surface area contributed by atoms with Crippen molar-refractivity contribution in [2.24, 2.45) is 5.41 Å². The molecule has 15 heavy (non-hydrogen) atoms. The fourth-order valence-electron chi connectivity index (χ4n) is 1.27. The van der Waals surface area contributed by atoms with Crippen molar-refractivity contribution >= 4 is 11.8 Å². The molecule has 0 saturated carbocycles. The fraction of sp³-hybridized carbons (Fsp3) is 1.00. The van der Waals surface area contributed by atoms with E-state index in [1.807, 2.05) is 0 Å². The number of rotatable bonds is 5. The van der Waals surface area contributed by atoms with Gasteiger partial charge in [0.25, 0.3) is 0 Å². The monoisotopic (exact) mass is 231 g/mol. The van der Waals surface area contributed by atoms with Gasteiger partial charge in [0.2, 0.25) is 0 Å². The van der Waals surface area contributed by atoms with E-state index in [9.17, 15) is 0 Å². The van der Waals surface area contributed by atoms with Crippen molar-refractivity contribution in [2.75, 3.05) is 12.8 Å². The lowest BCUT2D eigenvalue weighted by Gasteiger charge is -2.25. The molecule has 2 heteroatoms. The zero-order valence-electron chi connectivity index (χ0n) is 11.6. The zero-order chi connectivity index (χ0) is 12.1. The second-order valence-corrected chi connectivity index (χ2v) is 8.36. The largest absolute Gasteiger partial charge is 0.316 e. The Morgan fingerprint density at radius 2 is 1.60 bits per heavy atom. The van der Waals surface area contributed by atoms with Crippen LogP contribution in [-0.4, -0.2) is 23.6 Å². The minimum Gasteiger partial charge on any atom is -0.316 e. The van der Waals surface area contributed by atoms with Crippen LogP contribution in [0.5, 0.6) is 0 Å². The van der Waals surface area contributed by atoms with Gasteiger partial charge in [-0.05, 0) is 25.3 Å². The summed E-state index contributed by atoms with van der Waals surface area (Å²) in [6.45, 7) is 13.8. The Kier molecular flexibility index (Phi) is 6.27. The number of thioether (sulfide) groups is 1. The summed E-state index contributed by atoms with van der Waals surface area (Å²) < 4.78 is 0.386. The average molecular weight is 231 g/mol. The van der Waals surface area contributed by atoms with Crippen LogP contribution in [0.25, 0.3) is 0 Å². The van der Waals surface area contributed by atoms with Crippen molar-refractivity contribution in [3.05, 3.63) is 0 Å². The van der Waals surface area contributed by atoms with E-state index in [1.54, 1.807) is 0 Å². The molecule has 0 bridgehead atoms. The van der Waals surface area contributed by atoms with Crippen molar-refractivity contribution in [3.63, 3.8) is 0 Å². The summed E-state index contributed by atoms with van der Waals surface area (Å²) in [4.78, 5) is 0. The smallest absolute Gasteiger partial charge is 0.0155 e. The molecule has 0 rings (SSSR count). The molecule has 0 aromatic rings. The third-order valence-corrected chi connectivity index (χ3v) is 3.80. The van der Waals surface area contributed by atoms with Crippen LogP contribution in [-0.2, 0) is 0 Å². The van der Waals surface area contributed by atoms with E-state index >= 15 is 0 Å². The molecule has 0 heterocycles. The molecule has 0 aromatic carbocycles. The zero-order valence-corrected chi connectivity index (χ0v) is 12.4. The van der Waals surface area contributed by atoms with Crippen molar-refractivity contribution in [2.45, 2.75) is 65.2 Å². The molecule has 0 aliphatic rings. The fourth-order valence-corrected chi connectivity index (χ4v) is 2.30. The van der Waals surface area contributed by atoms with Crippen molar-refractivity contribution in [1.82, 2.24) is 5.32 Å². The highest BCUT2D eigenvalue weighted by Gasteiger charge is 2.17. The van der Waals surface area contributed by atoms with Crippen LogP contribution in [0.3, 0.4) is 0 Å². The first-order chi connectivity index (χ1) is 6.64. The van der Waals surface area contributed by atoms with E-state index in [0.717, 1.165) is 0 Å². The van der Waals surface area contributed by atoms with Gasteiger partial charge in [-0.25, -0.2) is 0 Å². The summed E-state index contributed by atoms with van der Waals surface area (Å²) in [5.41, 5.74) is 0.460. The van der Waals surface area contributed by atoms with E-state index in [4.69, 9.17) is 0 Å². The summed E-state index contributed by atoms with van der Waals surface area (Å²) in [7, 11) is 2.08. The maximum Gasteiger partial charge on any atom is 0.0155 e. The molecule has 0 aromatic heterocycles. The first-order valence-electron chi connectivity index (χ1n) is 5.95. The number of hydrogen-bond acceptors (Lipinski definition) is 2. The highest BCUT2D eigenvalue weighted by molar-refractivity contribution is 8.00. The lowest BCUT2D eigenvalue weighted by Crippen LogP contribution is -2.30. The highest BCUT2D eigenvalue weighted by atomic mass is 32.2. The Hall–Kier alpha value is 0.310. The molecule has 0 aliphatic carbocycles. The second kappa shape index (κ2) is 6.15. The Bertz CT molecular complexity index is 146. The van der Waals surface area contributed by atoms with E-state index < -0.39 is 0 Å². The molecule has 1 nitrogen and oxygen atoms in total. The molecular formula is C13H29NS. The Balaban J connectivity index is 3.84. The molecule has 0 saturated heterocycles. The van der Waals surface area contributed by atoms with Gasteiger partial charge in [0.1, 0.15) is 0 Å². The van der Waals surface area contributed by atoms with Gasteiger partial charge >= 0.3 is 0 Å². The summed E-state index contributed by atoms with van der Waals surface area (Å²) >= 11 is 2.05. The van der Waals surface area contributed by atoms with Crippen LogP contribution in [0.15, 0.2) is 0 Å². The van der Waals surface area contributed by atoms with Crippen LogP contribution in [0, 0.1) is 5.41 Å². The van der Waals surface area contributed by atoms with Gasteiger partial charge in [-0.3, -0.25) is 0 Å². The molecule has 1 atom stereocenters. The van der Waals surface area contributed by atoms with Crippen molar-refractivity contribution in [3.8, 4) is 0 Å². The predicted octanol–water partition coefficient (Wildman–Crippen LogP) is 3.93. The Labute approximate surface area is 101 Å². The first-order valence-corrected chi connectivity index (χ1v) is 6.94. The molecule has 0 amide bonds. The van der Waals surface area contributed by atoms with E-state index in [1.165, 1.54) is 18.6 Å². The summed E-state index contributed by atoms with van der Waals surface area (Å²) in [5, 5.41) is 3.43. The predicted molar refractivity (Wildman–Crippen MR) is 73.7 cm³/mol. The molecule has 1 unspecified atom stereocenters. The van der Waals surface area contributed by atoms with Gasteiger partial charge in [-0.2, -0.15) is 11.8 Å². The molecule has 92 valence electrons. The minimum atomic E-state index is 0.386. The topological polar surface area (TPSA) is 12.0 Å². The maximum absolute atomic E-state index is 3.43. The van der Waals surface area contributed by atoms with Crippen LogP contribution in [0.2, 0.25) is 0 Å². The molecular weight excluding hydrogens is 202 g/mol.